The first-order valence-corrected chi connectivity index (χ1v) is 6.22. The molecular weight excluding hydrogens is 240 g/mol. The maximum atomic E-state index is 11.8. The Hall–Kier alpha value is -2.07. The summed E-state index contributed by atoms with van der Waals surface area (Å²) in [4.78, 5) is 11.8. The third kappa shape index (κ3) is 3.03. The zero-order valence-electron chi connectivity index (χ0n) is 11.2. The number of hydrogen-bond donors (Lipinski definition) is 1. The molecule has 0 aliphatic rings. The summed E-state index contributed by atoms with van der Waals surface area (Å²) >= 11 is 0. The minimum absolute atomic E-state index is 0.00218. The summed E-state index contributed by atoms with van der Waals surface area (Å²) in [6.45, 7) is 0.566. The van der Waals surface area contributed by atoms with Crippen molar-refractivity contribution in [3.05, 3.63) is 64.6 Å². The Morgan fingerprint density at radius 3 is 2.63 bits per heavy atom. The molecule has 100 valence electrons. The van der Waals surface area contributed by atoms with Crippen LogP contribution in [0.3, 0.4) is 0 Å². The molecule has 1 atom stereocenters. The van der Waals surface area contributed by atoms with Gasteiger partial charge in [-0.25, -0.2) is 0 Å². The minimum atomic E-state index is -0.00218. The fraction of sp³-hybridized carbons (Fsp3) is 0.267. The molecule has 4 heteroatoms. The van der Waals surface area contributed by atoms with E-state index in [0.29, 0.717) is 6.54 Å². The fourth-order valence-electron chi connectivity index (χ4n) is 2.11. The Morgan fingerprint density at radius 2 is 1.95 bits per heavy atom. The van der Waals surface area contributed by atoms with Gasteiger partial charge >= 0.3 is 0 Å². The van der Waals surface area contributed by atoms with E-state index in [1.165, 1.54) is 0 Å². The van der Waals surface area contributed by atoms with Crippen LogP contribution in [-0.4, -0.2) is 18.7 Å². The van der Waals surface area contributed by atoms with Crippen LogP contribution in [0.4, 0.5) is 0 Å². The Morgan fingerprint density at radius 1 is 1.21 bits per heavy atom. The molecule has 1 aromatic carbocycles. The molecule has 4 nitrogen and oxygen atoms in total. The maximum absolute atomic E-state index is 11.8. The van der Waals surface area contributed by atoms with Crippen LogP contribution in [-0.2, 0) is 6.54 Å². The zero-order valence-corrected chi connectivity index (χ0v) is 11.2. The van der Waals surface area contributed by atoms with Crippen LogP contribution in [0.1, 0.15) is 11.6 Å². The number of rotatable bonds is 5. The molecule has 1 heterocycles. The van der Waals surface area contributed by atoms with Crippen LogP contribution in [0, 0.1) is 0 Å². The number of nitrogens with one attached hydrogen (secondary N) is 1. The highest BCUT2D eigenvalue weighted by molar-refractivity contribution is 5.35. The largest absolute Gasteiger partial charge is 0.496 e. The van der Waals surface area contributed by atoms with Gasteiger partial charge in [0.05, 0.1) is 13.2 Å². The third-order valence-electron chi connectivity index (χ3n) is 3.14. The highest BCUT2D eigenvalue weighted by Gasteiger charge is 2.14. The first-order valence-electron chi connectivity index (χ1n) is 6.22. The van der Waals surface area contributed by atoms with Gasteiger partial charge in [0, 0.05) is 24.4 Å². The lowest BCUT2D eigenvalue weighted by atomic mass is 10.1. The highest BCUT2D eigenvalue weighted by Crippen LogP contribution is 2.25. The van der Waals surface area contributed by atoms with E-state index in [4.69, 9.17) is 4.74 Å². The predicted molar refractivity (Wildman–Crippen MR) is 75.5 cm³/mol. The standard InChI is InChI=1S/C15H18N2O2/c1-16-13(11-17-10-6-5-9-15(17)18)12-7-3-4-8-14(12)19-2/h3-10,13,16H,11H2,1-2H3. The van der Waals surface area contributed by atoms with Gasteiger partial charge < -0.3 is 14.6 Å². The minimum Gasteiger partial charge on any atom is -0.496 e. The van der Waals surface area contributed by atoms with Gasteiger partial charge in [-0.1, -0.05) is 24.3 Å². The van der Waals surface area contributed by atoms with Crippen molar-refractivity contribution in [3.8, 4) is 5.75 Å². The van der Waals surface area contributed by atoms with E-state index in [1.54, 1.807) is 30.0 Å². The first kappa shape index (κ1) is 13.4. The number of benzene rings is 1. The van der Waals surface area contributed by atoms with Gasteiger partial charge in [0.25, 0.3) is 5.56 Å². The lowest BCUT2D eigenvalue weighted by molar-refractivity contribution is 0.393. The molecule has 0 saturated heterocycles. The monoisotopic (exact) mass is 258 g/mol. The van der Waals surface area contributed by atoms with Crippen LogP contribution < -0.4 is 15.6 Å². The quantitative estimate of drug-likeness (QED) is 0.889. The summed E-state index contributed by atoms with van der Waals surface area (Å²) in [7, 11) is 3.53. The lowest BCUT2D eigenvalue weighted by Crippen LogP contribution is -2.28. The number of nitrogens with zero attached hydrogens (tertiary/aromatic N) is 1. The normalized spacial score (nSPS) is 12.1. The van der Waals surface area contributed by atoms with Crippen molar-refractivity contribution in [1.82, 2.24) is 9.88 Å². The Labute approximate surface area is 112 Å². The summed E-state index contributed by atoms with van der Waals surface area (Å²) < 4.78 is 7.06. The summed E-state index contributed by atoms with van der Waals surface area (Å²) in [5.41, 5.74) is 1.04. The molecule has 1 aromatic heterocycles. The molecule has 2 rings (SSSR count). The second-order valence-corrected chi connectivity index (χ2v) is 4.27. The van der Waals surface area contributed by atoms with Gasteiger partial charge in [0.2, 0.25) is 0 Å². The number of methoxy groups -OCH3 is 1. The van der Waals surface area contributed by atoms with Crippen LogP contribution >= 0.6 is 0 Å². The number of aromatic nitrogens is 1. The van der Waals surface area contributed by atoms with Crippen molar-refractivity contribution >= 4 is 0 Å². The number of para-hydroxylation sites is 1. The maximum Gasteiger partial charge on any atom is 0.250 e. The second-order valence-electron chi connectivity index (χ2n) is 4.27. The Bertz CT molecular complexity index is 592. The van der Waals surface area contributed by atoms with E-state index < -0.39 is 0 Å². The predicted octanol–water partition coefficient (Wildman–Crippen LogP) is 1.82. The number of hydrogen-bond acceptors (Lipinski definition) is 3. The fourth-order valence-corrected chi connectivity index (χ4v) is 2.11. The molecular formula is C15H18N2O2. The van der Waals surface area contributed by atoms with Crippen molar-refractivity contribution in [2.45, 2.75) is 12.6 Å². The van der Waals surface area contributed by atoms with Crippen molar-refractivity contribution in [3.63, 3.8) is 0 Å². The molecule has 1 N–H and O–H groups in total. The van der Waals surface area contributed by atoms with Crippen molar-refractivity contribution in [1.29, 1.82) is 0 Å². The van der Waals surface area contributed by atoms with Gasteiger partial charge in [-0.3, -0.25) is 4.79 Å². The topological polar surface area (TPSA) is 43.3 Å². The lowest BCUT2D eigenvalue weighted by Gasteiger charge is -2.20. The van der Waals surface area contributed by atoms with E-state index in [1.807, 2.05) is 37.4 Å². The Balaban J connectivity index is 2.31. The molecule has 19 heavy (non-hydrogen) atoms. The second kappa shape index (κ2) is 6.20. The molecule has 0 radical (unpaired) electrons. The molecule has 0 spiro atoms. The van der Waals surface area contributed by atoms with Crippen LogP contribution in [0.2, 0.25) is 0 Å². The van der Waals surface area contributed by atoms with Crippen LogP contribution in [0.15, 0.2) is 53.5 Å². The molecule has 0 saturated carbocycles. The third-order valence-corrected chi connectivity index (χ3v) is 3.14. The van der Waals surface area contributed by atoms with E-state index in [9.17, 15) is 4.79 Å². The van der Waals surface area contributed by atoms with Crippen LogP contribution in [0.25, 0.3) is 0 Å². The van der Waals surface area contributed by atoms with Crippen molar-refractivity contribution in [2.24, 2.45) is 0 Å². The summed E-state index contributed by atoms with van der Waals surface area (Å²) in [5.74, 6) is 0.825. The average Bonchev–Trinajstić information content (AvgIpc) is 2.46. The average molecular weight is 258 g/mol. The molecule has 1 unspecified atom stereocenters. The van der Waals surface area contributed by atoms with Crippen molar-refractivity contribution in [2.75, 3.05) is 14.2 Å². The van der Waals surface area contributed by atoms with E-state index >= 15 is 0 Å². The molecule has 0 aliphatic heterocycles. The van der Waals surface area contributed by atoms with Crippen molar-refractivity contribution < 1.29 is 4.74 Å². The van der Waals surface area contributed by atoms with Gasteiger partial charge in [-0.2, -0.15) is 0 Å². The van der Waals surface area contributed by atoms with Gasteiger partial charge in [0.1, 0.15) is 5.75 Å². The molecule has 0 bridgehead atoms. The summed E-state index contributed by atoms with van der Waals surface area (Å²) in [5, 5.41) is 3.23. The molecule has 0 fully saturated rings. The van der Waals surface area contributed by atoms with E-state index in [2.05, 4.69) is 5.32 Å². The number of likely N-dealkylation sites (N-methyl/N-ethyl adjacent to an activating group) is 1. The molecule has 0 aliphatic carbocycles. The molecule has 0 amide bonds. The summed E-state index contributed by atoms with van der Waals surface area (Å²) in [6.07, 6.45) is 1.79. The van der Waals surface area contributed by atoms with E-state index in [-0.39, 0.29) is 11.6 Å². The SMILES string of the molecule is CNC(Cn1ccccc1=O)c1ccccc1OC. The number of pyridine rings is 1. The smallest absolute Gasteiger partial charge is 0.250 e. The Kier molecular flexibility index (Phi) is 4.36. The number of ether oxygens (including phenoxy) is 1. The van der Waals surface area contributed by atoms with Gasteiger partial charge in [0.15, 0.2) is 0 Å². The van der Waals surface area contributed by atoms with Gasteiger partial charge in [-0.05, 0) is 19.2 Å². The summed E-state index contributed by atoms with van der Waals surface area (Å²) in [6, 6.07) is 13.0. The first-order chi connectivity index (χ1) is 9.26. The van der Waals surface area contributed by atoms with E-state index in [0.717, 1.165) is 11.3 Å². The highest BCUT2D eigenvalue weighted by atomic mass is 16.5. The zero-order chi connectivity index (χ0) is 13.7. The van der Waals surface area contributed by atoms with Crippen LogP contribution in [0.5, 0.6) is 5.75 Å². The molecule has 2 aromatic rings. The van der Waals surface area contributed by atoms with Gasteiger partial charge in [-0.15, -0.1) is 0 Å².